The van der Waals surface area contributed by atoms with Gasteiger partial charge in [-0.25, -0.2) is 4.79 Å². The largest absolute Gasteiger partial charge is 0.478 e. The van der Waals surface area contributed by atoms with Gasteiger partial charge in [0.25, 0.3) is 5.69 Å². The van der Waals surface area contributed by atoms with Crippen LogP contribution in [-0.4, -0.2) is 25.8 Å². The molecule has 8 nitrogen and oxygen atoms in total. The molecular formula is C23H28N4O4. The van der Waals surface area contributed by atoms with Crippen molar-refractivity contribution in [3.05, 3.63) is 62.5 Å². The third-order valence-corrected chi connectivity index (χ3v) is 6.85. The molecule has 1 saturated carbocycles. The topological polar surface area (TPSA) is 110 Å². The van der Waals surface area contributed by atoms with Crippen LogP contribution in [0.5, 0.6) is 0 Å². The summed E-state index contributed by atoms with van der Waals surface area (Å²) >= 11 is 0. The number of carboxylic acid groups (broad SMARTS) is 1. The third-order valence-electron chi connectivity index (χ3n) is 6.85. The second kappa shape index (κ2) is 7.83. The number of nitrogens with zero attached hydrogens (tertiary/aromatic N) is 3. The maximum atomic E-state index is 12.5. The Morgan fingerprint density at radius 3 is 2.58 bits per heavy atom. The molecule has 1 unspecified atom stereocenters. The molecule has 2 aliphatic rings. The number of aliphatic carboxylic acids is 1. The maximum absolute atomic E-state index is 12.5. The number of aromatic nitrogens is 2. The van der Waals surface area contributed by atoms with Gasteiger partial charge in [0.05, 0.1) is 21.6 Å². The molecule has 2 N–H and O–H groups in total. The highest BCUT2D eigenvalue weighted by molar-refractivity contribution is 5.95. The number of carbonyl (C=O) groups is 1. The molecule has 31 heavy (non-hydrogen) atoms. The van der Waals surface area contributed by atoms with Crippen LogP contribution in [0.4, 0.5) is 11.5 Å². The fraction of sp³-hybridized carbons (Fsp3) is 0.478. The second-order valence-electron chi connectivity index (χ2n) is 8.78. The molecule has 1 aromatic heterocycles. The van der Waals surface area contributed by atoms with Crippen LogP contribution in [0.2, 0.25) is 0 Å². The minimum absolute atomic E-state index is 0.0545. The zero-order valence-electron chi connectivity index (χ0n) is 18.1. The summed E-state index contributed by atoms with van der Waals surface area (Å²) in [6, 6.07) is 6.33. The van der Waals surface area contributed by atoms with Crippen LogP contribution in [0, 0.1) is 10.1 Å². The van der Waals surface area contributed by atoms with Gasteiger partial charge in [0.2, 0.25) is 0 Å². The Morgan fingerprint density at radius 1 is 1.29 bits per heavy atom. The minimum atomic E-state index is -1.07. The molecule has 1 aromatic carbocycles. The van der Waals surface area contributed by atoms with E-state index < -0.39 is 16.3 Å². The molecule has 4 rings (SSSR count). The lowest BCUT2D eigenvalue weighted by Gasteiger charge is -2.38. The van der Waals surface area contributed by atoms with E-state index in [1.54, 1.807) is 23.7 Å². The Labute approximate surface area is 181 Å². The lowest BCUT2D eigenvalue weighted by atomic mass is 9.67. The highest BCUT2D eigenvalue weighted by atomic mass is 16.6. The standard InChI is InChI=1S/C23H28N4O4/c1-14-18(22(28)29)23(2,16-11-8-12-17(13-16)27(30)31)19-20(25-26(3)21(19)24-14)15-9-6-4-5-7-10-15/h8,11-13,15,24H,4-7,9-10H2,1-3H3,(H,28,29). The van der Waals surface area contributed by atoms with Gasteiger partial charge < -0.3 is 10.4 Å². The number of anilines is 1. The molecule has 1 atom stereocenters. The van der Waals surface area contributed by atoms with Crippen LogP contribution in [0.1, 0.15) is 75.1 Å². The maximum Gasteiger partial charge on any atom is 0.334 e. The minimum Gasteiger partial charge on any atom is -0.478 e. The summed E-state index contributed by atoms with van der Waals surface area (Å²) in [5, 5.41) is 29.8. The van der Waals surface area contributed by atoms with E-state index in [9.17, 15) is 20.0 Å². The Morgan fingerprint density at radius 2 is 1.97 bits per heavy atom. The summed E-state index contributed by atoms with van der Waals surface area (Å²) in [7, 11) is 1.86. The number of carboxylic acids is 1. The molecule has 0 bridgehead atoms. The van der Waals surface area contributed by atoms with E-state index in [-0.39, 0.29) is 17.2 Å². The fourth-order valence-electron chi connectivity index (χ4n) is 5.35. The zero-order valence-corrected chi connectivity index (χ0v) is 18.1. The Bertz CT molecular complexity index is 1080. The highest BCUT2D eigenvalue weighted by Gasteiger charge is 2.47. The SMILES string of the molecule is CC1=C(C(=O)O)C(C)(c2cccc([N+](=O)[O-])c2)c2c(C3CCCCCC3)nn(C)c2N1. The first-order valence-electron chi connectivity index (χ1n) is 10.8. The van der Waals surface area contributed by atoms with Crippen LogP contribution in [0.15, 0.2) is 35.5 Å². The number of nitrogens with one attached hydrogen (secondary N) is 1. The van der Waals surface area contributed by atoms with Crippen molar-refractivity contribution < 1.29 is 14.8 Å². The van der Waals surface area contributed by atoms with Crippen LogP contribution in [-0.2, 0) is 17.3 Å². The number of nitro benzene ring substituents is 1. The average molecular weight is 425 g/mol. The molecule has 1 fully saturated rings. The first-order valence-corrected chi connectivity index (χ1v) is 10.8. The van der Waals surface area contributed by atoms with E-state index >= 15 is 0 Å². The van der Waals surface area contributed by atoms with Crippen LogP contribution in [0.3, 0.4) is 0 Å². The van der Waals surface area contributed by atoms with Gasteiger partial charge in [-0.15, -0.1) is 0 Å². The number of nitro groups is 1. The third kappa shape index (κ3) is 3.40. The number of benzene rings is 1. The summed E-state index contributed by atoms with van der Waals surface area (Å²) in [4.78, 5) is 23.5. The molecule has 0 saturated heterocycles. The number of fused-ring (bicyclic) bond motifs is 1. The summed E-state index contributed by atoms with van der Waals surface area (Å²) in [6.45, 7) is 3.60. The number of hydrogen-bond acceptors (Lipinski definition) is 5. The first kappa shape index (κ1) is 21.1. The molecule has 2 heterocycles. The van der Waals surface area contributed by atoms with Crippen molar-refractivity contribution in [2.45, 2.75) is 63.7 Å². The lowest BCUT2D eigenvalue weighted by molar-refractivity contribution is -0.384. The Kier molecular flexibility index (Phi) is 5.33. The first-order chi connectivity index (χ1) is 14.7. The molecule has 164 valence electrons. The average Bonchev–Trinajstić information content (AvgIpc) is 2.90. The van der Waals surface area contributed by atoms with Crippen molar-refractivity contribution in [2.75, 3.05) is 5.32 Å². The molecule has 0 amide bonds. The van der Waals surface area contributed by atoms with Gasteiger partial charge in [-0.05, 0) is 32.3 Å². The van der Waals surface area contributed by atoms with Gasteiger partial charge in [0.1, 0.15) is 5.82 Å². The summed E-state index contributed by atoms with van der Waals surface area (Å²) in [6.07, 6.45) is 6.67. The normalized spacial score (nSPS) is 21.9. The van der Waals surface area contributed by atoms with E-state index in [0.29, 0.717) is 11.3 Å². The molecule has 0 spiro atoms. The van der Waals surface area contributed by atoms with Crippen LogP contribution < -0.4 is 5.32 Å². The van der Waals surface area contributed by atoms with Crippen molar-refractivity contribution in [1.82, 2.24) is 9.78 Å². The number of allylic oxidation sites excluding steroid dienone is 1. The number of hydrogen-bond donors (Lipinski definition) is 2. The van der Waals surface area contributed by atoms with Gasteiger partial charge in [0, 0.05) is 36.4 Å². The number of rotatable bonds is 4. The predicted octanol–water partition coefficient (Wildman–Crippen LogP) is 4.86. The van der Waals surface area contributed by atoms with Crippen molar-refractivity contribution in [3.8, 4) is 0 Å². The van der Waals surface area contributed by atoms with Crippen LogP contribution in [0.25, 0.3) is 0 Å². The number of non-ortho nitro benzene ring substituents is 1. The molecule has 0 radical (unpaired) electrons. The van der Waals surface area contributed by atoms with Gasteiger partial charge in [0.15, 0.2) is 0 Å². The molecule has 2 aromatic rings. The summed E-state index contributed by atoms with van der Waals surface area (Å²) in [5.41, 5.74) is 1.91. The quantitative estimate of drug-likeness (QED) is 0.412. The smallest absolute Gasteiger partial charge is 0.334 e. The van der Waals surface area contributed by atoms with Gasteiger partial charge in [-0.1, -0.05) is 37.8 Å². The fourth-order valence-corrected chi connectivity index (χ4v) is 5.35. The zero-order chi connectivity index (χ0) is 22.3. The lowest BCUT2D eigenvalue weighted by Crippen LogP contribution is -2.37. The van der Waals surface area contributed by atoms with Gasteiger partial charge in [-0.2, -0.15) is 5.10 Å². The number of aryl methyl sites for hydroxylation is 1. The van der Waals surface area contributed by atoms with E-state index in [2.05, 4.69) is 5.32 Å². The van der Waals surface area contributed by atoms with E-state index in [4.69, 9.17) is 5.10 Å². The predicted molar refractivity (Wildman–Crippen MR) is 117 cm³/mol. The molecule has 1 aliphatic heterocycles. The summed E-state index contributed by atoms with van der Waals surface area (Å²) in [5.74, 6) is -0.0400. The van der Waals surface area contributed by atoms with Gasteiger partial charge in [-0.3, -0.25) is 14.8 Å². The Hall–Kier alpha value is -3.16. The van der Waals surface area contributed by atoms with E-state index in [1.807, 2.05) is 14.0 Å². The van der Waals surface area contributed by atoms with Crippen molar-refractivity contribution in [1.29, 1.82) is 0 Å². The highest BCUT2D eigenvalue weighted by Crippen LogP contribution is 2.51. The van der Waals surface area contributed by atoms with Gasteiger partial charge >= 0.3 is 5.97 Å². The summed E-state index contributed by atoms with van der Waals surface area (Å²) < 4.78 is 1.79. The second-order valence-corrected chi connectivity index (χ2v) is 8.78. The monoisotopic (exact) mass is 424 g/mol. The Balaban J connectivity index is 2.00. The van der Waals surface area contributed by atoms with Crippen molar-refractivity contribution in [3.63, 3.8) is 0 Å². The molecule has 8 heteroatoms. The molecular weight excluding hydrogens is 396 g/mol. The van der Waals surface area contributed by atoms with Crippen LogP contribution >= 0.6 is 0 Å². The van der Waals surface area contributed by atoms with E-state index in [1.165, 1.54) is 25.0 Å². The molecule has 1 aliphatic carbocycles. The van der Waals surface area contributed by atoms with Crippen molar-refractivity contribution >= 4 is 17.5 Å². The van der Waals surface area contributed by atoms with Crippen molar-refractivity contribution in [2.24, 2.45) is 7.05 Å². The van der Waals surface area contributed by atoms with E-state index in [0.717, 1.165) is 42.8 Å².